The van der Waals surface area contributed by atoms with Crippen LogP contribution in [0.25, 0.3) is 16.7 Å². The highest BCUT2D eigenvalue weighted by Gasteiger charge is 2.40. The lowest BCUT2D eigenvalue weighted by Gasteiger charge is -2.27. The highest BCUT2D eigenvalue weighted by Crippen LogP contribution is 2.60. The molecule has 2 aromatic carbocycles. The van der Waals surface area contributed by atoms with Crippen molar-refractivity contribution in [2.75, 3.05) is 18.5 Å². The van der Waals surface area contributed by atoms with E-state index < -0.39 is 13.4 Å². The van der Waals surface area contributed by atoms with Crippen LogP contribution in [-0.2, 0) is 20.7 Å². The zero-order valence-electron chi connectivity index (χ0n) is 21.0. The van der Waals surface area contributed by atoms with Gasteiger partial charge in [-0.25, -0.2) is 4.68 Å². The van der Waals surface area contributed by atoms with Crippen LogP contribution in [0.4, 0.5) is 5.69 Å². The van der Waals surface area contributed by atoms with E-state index in [4.69, 9.17) is 13.5 Å². The zero-order chi connectivity index (χ0) is 26.0. The Morgan fingerprint density at radius 3 is 2.33 bits per heavy atom. The molecule has 9 nitrogen and oxygen atoms in total. The van der Waals surface area contributed by atoms with E-state index in [1.165, 1.54) is 10.9 Å². The summed E-state index contributed by atoms with van der Waals surface area (Å²) in [6.45, 7) is 7.16. The molecule has 2 aromatic heterocycles. The Kier molecular flexibility index (Phi) is 7.36. The maximum atomic E-state index is 14.1. The summed E-state index contributed by atoms with van der Waals surface area (Å²) in [5.74, 6) is -1.28. The monoisotopic (exact) mass is 511 g/mol. The number of nitrogens with zero attached hydrogens (tertiary/aromatic N) is 2. The third-order valence-electron chi connectivity index (χ3n) is 6.02. The molecule has 0 saturated carbocycles. The maximum absolute atomic E-state index is 14.1. The van der Waals surface area contributed by atoms with Gasteiger partial charge in [0, 0.05) is 7.05 Å². The number of hydrogen-bond acceptors (Lipinski definition) is 7. The van der Waals surface area contributed by atoms with Crippen LogP contribution in [0.5, 0.6) is 0 Å². The van der Waals surface area contributed by atoms with Crippen molar-refractivity contribution in [3.63, 3.8) is 0 Å². The van der Waals surface area contributed by atoms with Crippen molar-refractivity contribution in [3.05, 3.63) is 92.2 Å². The van der Waals surface area contributed by atoms with E-state index in [-0.39, 0.29) is 35.5 Å². The molecule has 4 aromatic rings. The number of hydrogen-bond donors (Lipinski definition) is 1. The summed E-state index contributed by atoms with van der Waals surface area (Å²) in [5, 5.41) is 3.40. The molecular formula is C26H30N3O6P. The Balaban J connectivity index is 1.93. The smallest absolute Gasteiger partial charge is 0.357 e. The molecule has 0 aliphatic heterocycles. The topological polar surface area (TPSA) is 105 Å². The largest absolute Gasteiger partial charge is 0.464 e. The van der Waals surface area contributed by atoms with Gasteiger partial charge in [0.05, 0.1) is 35.5 Å². The van der Waals surface area contributed by atoms with E-state index >= 15 is 0 Å². The van der Waals surface area contributed by atoms with Gasteiger partial charge in [0.1, 0.15) is 17.5 Å². The summed E-state index contributed by atoms with van der Waals surface area (Å²) in [6, 6.07) is 14.4. The first-order valence-electron chi connectivity index (χ1n) is 11.7. The lowest BCUT2D eigenvalue weighted by atomic mass is 10.1. The number of aromatic nitrogens is 2. The van der Waals surface area contributed by atoms with Gasteiger partial charge in [-0.05, 0) is 52.0 Å². The van der Waals surface area contributed by atoms with Crippen LogP contribution >= 0.6 is 7.60 Å². The van der Waals surface area contributed by atoms with Crippen molar-refractivity contribution in [1.82, 2.24) is 9.36 Å². The highest BCUT2D eigenvalue weighted by molar-refractivity contribution is 7.54. The van der Waals surface area contributed by atoms with Crippen LogP contribution in [0, 0.1) is 13.8 Å². The first kappa shape index (κ1) is 25.7. The fraction of sp³-hybridized carbons (Fsp3) is 0.308. The molecule has 1 unspecified atom stereocenters. The minimum atomic E-state index is -3.98. The van der Waals surface area contributed by atoms with Gasteiger partial charge >= 0.3 is 7.60 Å². The Morgan fingerprint density at radius 1 is 1.03 bits per heavy atom. The van der Waals surface area contributed by atoms with E-state index in [0.717, 1.165) is 5.56 Å². The normalized spacial score (nSPS) is 12.7. The maximum Gasteiger partial charge on any atom is 0.357 e. The lowest BCUT2D eigenvalue weighted by molar-refractivity contribution is 0.214. The first-order valence-corrected chi connectivity index (χ1v) is 13.3. The molecule has 0 saturated heterocycles. The first-order chi connectivity index (χ1) is 17.2. The lowest BCUT2D eigenvalue weighted by Crippen LogP contribution is -2.26. The number of anilines is 1. The van der Waals surface area contributed by atoms with E-state index in [0.29, 0.717) is 22.4 Å². The average molecular weight is 512 g/mol. The number of rotatable bonds is 9. The molecule has 10 heteroatoms. The van der Waals surface area contributed by atoms with Crippen LogP contribution in [0.3, 0.4) is 0 Å². The Morgan fingerprint density at radius 2 is 1.69 bits per heavy atom. The van der Waals surface area contributed by atoms with Gasteiger partial charge in [-0.15, -0.1) is 0 Å². The van der Waals surface area contributed by atoms with Crippen LogP contribution in [0.15, 0.2) is 68.8 Å². The summed E-state index contributed by atoms with van der Waals surface area (Å²) >= 11 is 0. The fourth-order valence-electron chi connectivity index (χ4n) is 4.19. The fourth-order valence-corrected chi connectivity index (χ4v) is 6.09. The van der Waals surface area contributed by atoms with Gasteiger partial charge in [-0.1, -0.05) is 29.8 Å². The molecule has 1 atom stereocenters. The molecule has 0 bridgehead atoms. The van der Waals surface area contributed by atoms with Gasteiger partial charge in [-0.2, -0.15) is 0 Å². The second-order valence-corrected chi connectivity index (χ2v) is 10.5. The summed E-state index contributed by atoms with van der Waals surface area (Å²) in [6.07, 6.45) is 1.26. The molecule has 2 heterocycles. The van der Waals surface area contributed by atoms with Gasteiger partial charge < -0.3 is 18.8 Å². The number of fused-ring (bicyclic) bond motifs is 1. The number of aryl methyl sites for hydroxylation is 1. The van der Waals surface area contributed by atoms with Crippen LogP contribution in [0.2, 0.25) is 0 Å². The van der Waals surface area contributed by atoms with E-state index in [1.54, 1.807) is 44.6 Å². The predicted molar refractivity (Wildman–Crippen MR) is 140 cm³/mol. The summed E-state index contributed by atoms with van der Waals surface area (Å²) in [4.78, 5) is 27.2. The van der Waals surface area contributed by atoms with Crippen molar-refractivity contribution in [3.8, 4) is 5.69 Å². The summed E-state index contributed by atoms with van der Waals surface area (Å²) in [5.41, 5.74) is 1.99. The quantitative estimate of drug-likeness (QED) is 0.305. The van der Waals surface area contributed by atoms with Crippen LogP contribution in [0.1, 0.15) is 36.5 Å². The molecule has 0 fully saturated rings. The zero-order valence-corrected chi connectivity index (χ0v) is 21.9. The van der Waals surface area contributed by atoms with Gasteiger partial charge in [0.15, 0.2) is 11.2 Å². The van der Waals surface area contributed by atoms with Crippen molar-refractivity contribution in [2.24, 2.45) is 7.05 Å². The van der Waals surface area contributed by atoms with Crippen molar-refractivity contribution < 1.29 is 18.0 Å². The number of benzene rings is 2. The molecule has 190 valence electrons. The standard InChI is InChI=1S/C26H30N3O6P/c1-6-34-36(32,35-7-2)25(21-16-33-22-14-13-17(3)15-20(22)24(21)30)27-23-18(4)28(5)29(26(23)31)19-11-9-8-10-12-19/h8-16,25,27H,6-7H2,1-5H3. The van der Waals surface area contributed by atoms with Gasteiger partial charge in [0.2, 0.25) is 0 Å². The Bertz CT molecular complexity index is 1540. The second-order valence-electron chi connectivity index (χ2n) is 8.38. The molecular weight excluding hydrogens is 481 g/mol. The molecule has 0 aliphatic rings. The highest BCUT2D eigenvalue weighted by atomic mass is 31.2. The molecule has 0 amide bonds. The molecule has 0 spiro atoms. The third-order valence-corrected chi connectivity index (χ3v) is 8.29. The molecule has 0 aliphatic carbocycles. The SMILES string of the molecule is CCOP(=O)(OCC)C(Nc1c(C)n(C)n(-c2ccccc2)c1=O)c1coc2ccc(C)cc2c1=O. The predicted octanol–water partition coefficient (Wildman–Crippen LogP) is 5.28. The second kappa shape index (κ2) is 10.3. The molecule has 4 rings (SSSR count). The minimum Gasteiger partial charge on any atom is -0.464 e. The number of nitrogens with one attached hydrogen (secondary N) is 1. The molecule has 0 radical (unpaired) electrons. The van der Waals surface area contributed by atoms with Gasteiger partial charge in [0.25, 0.3) is 5.56 Å². The number of para-hydroxylation sites is 1. The average Bonchev–Trinajstić information content (AvgIpc) is 3.07. The van der Waals surface area contributed by atoms with Crippen molar-refractivity contribution in [1.29, 1.82) is 0 Å². The minimum absolute atomic E-state index is 0.0484. The van der Waals surface area contributed by atoms with E-state index in [2.05, 4.69) is 5.32 Å². The van der Waals surface area contributed by atoms with E-state index in [1.807, 2.05) is 43.3 Å². The van der Waals surface area contributed by atoms with Crippen LogP contribution in [-0.4, -0.2) is 22.6 Å². The summed E-state index contributed by atoms with van der Waals surface area (Å²) in [7, 11) is -2.23. The molecule has 36 heavy (non-hydrogen) atoms. The molecule has 1 N–H and O–H groups in total. The van der Waals surface area contributed by atoms with Gasteiger partial charge in [-0.3, -0.25) is 18.8 Å². The van der Waals surface area contributed by atoms with Crippen molar-refractivity contribution >= 4 is 24.3 Å². The Hall–Kier alpha value is -3.39. The van der Waals surface area contributed by atoms with Crippen molar-refractivity contribution in [2.45, 2.75) is 33.5 Å². The van der Waals surface area contributed by atoms with Crippen LogP contribution < -0.4 is 16.3 Å². The third kappa shape index (κ3) is 4.57. The van der Waals surface area contributed by atoms with E-state index in [9.17, 15) is 14.2 Å². The Labute approximate surface area is 208 Å². The summed E-state index contributed by atoms with van der Waals surface area (Å²) < 4.78 is 34.2.